The Balaban J connectivity index is 2.21. The zero-order valence-electron chi connectivity index (χ0n) is 12.1. The number of hydrogen-bond donors (Lipinski definition) is 1. The largest absolute Gasteiger partial charge is 0.310 e. The number of benzene rings is 2. The van der Waals surface area contributed by atoms with Gasteiger partial charge in [-0.15, -0.1) is 0 Å². The molecule has 2 rings (SSSR count). The van der Waals surface area contributed by atoms with Gasteiger partial charge in [-0.3, -0.25) is 0 Å². The van der Waals surface area contributed by atoms with Crippen LogP contribution in [0.25, 0.3) is 0 Å². The van der Waals surface area contributed by atoms with Gasteiger partial charge in [-0.05, 0) is 42.8 Å². The van der Waals surface area contributed by atoms with E-state index in [2.05, 4.69) is 84.5 Å². The second kappa shape index (κ2) is 7.30. The van der Waals surface area contributed by atoms with Crippen molar-refractivity contribution in [3.63, 3.8) is 0 Å². The maximum Gasteiger partial charge on any atom is 0.0219 e. The van der Waals surface area contributed by atoms with E-state index in [9.17, 15) is 0 Å². The lowest BCUT2D eigenvalue weighted by atomic mass is 10.2. The highest BCUT2D eigenvalue weighted by Gasteiger charge is 2.06. The minimum absolute atomic E-state index is 0.491. The Bertz CT molecular complexity index is 581. The Kier molecular flexibility index (Phi) is 5.70. The smallest absolute Gasteiger partial charge is 0.0219 e. The molecule has 0 unspecified atom stereocenters. The molecule has 0 spiro atoms. The Morgan fingerprint density at radius 2 is 1.95 bits per heavy atom. The SMILES string of the molecule is Cc1cccc(Sc2ccc(Br)cc2CNC(C)C)c1. The van der Waals surface area contributed by atoms with E-state index in [1.807, 2.05) is 11.8 Å². The summed E-state index contributed by atoms with van der Waals surface area (Å²) in [7, 11) is 0. The van der Waals surface area contributed by atoms with E-state index in [4.69, 9.17) is 0 Å². The highest BCUT2D eigenvalue weighted by atomic mass is 79.9. The van der Waals surface area contributed by atoms with E-state index >= 15 is 0 Å². The van der Waals surface area contributed by atoms with Crippen LogP contribution in [-0.4, -0.2) is 6.04 Å². The highest BCUT2D eigenvalue weighted by Crippen LogP contribution is 2.32. The lowest BCUT2D eigenvalue weighted by molar-refractivity contribution is 0.584. The van der Waals surface area contributed by atoms with Crippen molar-refractivity contribution in [1.82, 2.24) is 5.32 Å². The van der Waals surface area contributed by atoms with Crippen LogP contribution in [0.15, 0.2) is 56.7 Å². The predicted octanol–water partition coefficient (Wildman–Crippen LogP) is 5.41. The van der Waals surface area contributed by atoms with Gasteiger partial charge in [0.25, 0.3) is 0 Å². The third-order valence-corrected chi connectivity index (χ3v) is 4.54. The average molecular weight is 350 g/mol. The van der Waals surface area contributed by atoms with Crippen molar-refractivity contribution < 1.29 is 0 Å². The van der Waals surface area contributed by atoms with Crippen LogP contribution in [-0.2, 0) is 6.54 Å². The van der Waals surface area contributed by atoms with Gasteiger partial charge >= 0.3 is 0 Å². The Morgan fingerprint density at radius 1 is 1.15 bits per heavy atom. The Labute approximate surface area is 134 Å². The first-order valence-corrected chi connectivity index (χ1v) is 8.42. The van der Waals surface area contributed by atoms with Crippen LogP contribution >= 0.6 is 27.7 Å². The molecule has 0 aliphatic heterocycles. The summed E-state index contributed by atoms with van der Waals surface area (Å²) in [4.78, 5) is 2.60. The van der Waals surface area contributed by atoms with E-state index in [-0.39, 0.29) is 0 Å². The van der Waals surface area contributed by atoms with E-state index in [1.165, 1.54) is 20.9 Å². The quantitative estimate of drug-likeness (QED) is 0.774. The number of hydrogen-bond acceptors (Lipinski definition) is 2. The van der Waals surface area contributed by atoms with E-state index in [0.29, 0.717) is 6.04 Å². The van der Waals surface area contributed by atoms with Crippen LogP contribution in [0.2, 0.25) is 0 Å². The number of halogens is 1. The van der Waals surface area contributed by atoms with Gasteiger partial charge in [0.05, 0.1) is 0 Å². The van der Waals surface area contributed by atoms with Crippen molar-refractivity contribution >= 4 is 27.7 Å². The summed E-state index contributed by atoms with van der Waals surface area (Å²) in [5.41, 5.74) is 2.63. The van der Waals surface area contributed by atoms with E-state index < -0.39 is 0 Å². The molecule has 0 fully saturated rings. The second-order valence-electron chi connectivity index (χ2n) is 5.21. The summed E-state index contributed by atoms with van der Waals surface area (Å²) in [5, 5.41) is 3.49. The fraction of sp³-hybridized carbons (Fsp3) is 0.294. The lowest BCUT2D eigenvalue weighted by Crippen LogP contribution is -2.22. The molecule has 2 aromatic rings. The molecule has 0 aliphatic carbocycles. The lowest BCUT2D eigenvalue weighted by Gasteiger charge is -2.13. The van der Waals surface area contributed by atoms with Crippen molar-refractivity contribution in [2.75, 3.05) is 0 Å². The maximum absolute atomic E-state index is 3.56. The van der Waals surface area contributed by atoms with Crippen molar-refractivity contribution in [3.8, 4) is 0 Å². The maximum atomic E-state index is 3.56. The summed E-state index contributed by atoms with van der Waals surface area (Å²) in [5.74, 6) is 0. The Morgan fingerprint density at radius 3 is 2.65 bits per heavy atom. The van der Waals surface area contributed by atoms with Crippen molar-refractivity contribution in [1.29, 1.82) is 0 Å². The molecule has 0 atom stereocenters. The van der Waals surface area contributed by atoms with Gasteiger partial charge in [-0.1, -0.05) is 59.2 Å². The van der Waals surface area contributed by atoms with Gasteiger partial charge < -0.3 is 5.32 Å². The average Bonchev–Trinajstić information content (AvgIpc) is 2.39. The van der Waals surface area contributed by atoms with Gasteiger partial charge in [-0.25, -0.2) is 0 Å². The summed E-state index contributed by atoms with van der Waals surface area (Å²) in [6, 6.07) is 15.6. The predicted molar refractivity (Wildman–Crippen MR) is 91.4 cm³/mol. The third kappa shape index (κ3) is 4.65. The molecular weight excluding hydrogens is 330 g/mol. The van der Waals surface area contributed by atoms with Crippen molar-refractivity contribution in [2.24, 2.45) is 0 Å². The molecule has 1 N–H and O–H groups in total. The first kappa shape index (κ1) is 15.6. The molecule has 0 amide bonds. The van der Waals surface area contributed by atoms with Crippen LogP contribution in [0.1, 0.15) is 25.0 Å². The first-order valence-electron chi connectivity index (χ1n) is 6.81. The van der Waals surface area contributed by atoms with Crippen molar-refractivity contribution in [2.45, 2.75) is 43.1 Å². The molecule has 0 saturated heterocycles. The third-order valence-electron chi connectivity index (χ3n) is 2.94. The molecule has 0 aliphatic rings. The molecule has 3 heteroatoms. The number of aryl methyl sites for hydroxylation is 1. The van der Waals surface area contributed by atoms with Gasteiger partial charge in [-0.2, -0.15) is 0 Å². The fourth-order valence-electron chi connectivity index (χ4n) is 1.91. The van der Waals surface area contributed by atoms with Gasteiger partial charge in [0.2, 0.25) is 0 Å². The number of nitrogens with one attached hydrogen (secondary N) is 1. The molecule has 0 aromatic heterocycles. The molecular formula is C17H20BrNS. The minimum Gasteiger partial charge on any atom is -0.310 e. The van der Waals surface area contributed by atoms with E-state index in [1.54, 1.807) is 0 Å². The van der Waals surface area contributed by atoms with Gasteiger partial charge in [0, 0.05) is 26.9 Å². The standard InChI is InChI=1S/C17H20BrNS/c1-12(2)19-11-14-10-15(18)7-8-17(14)20-16-6-4-5-13(3)9-16/h4-10,12,19H,11H2,1-3H3. The van der Waals surface area contributed by atoms with Crippen LogP contribution in [0, 0.1) is 6.92 Å². The van der Waals surface area contributed by atoms with Crippen LogP contribution in [0.5, 0.6) is 0 Å². The van der Waals surface area contributed by atoms with Crippen LogP contribution in [0.4, 0.5) is 0 Å². The normalized spacial score (nSPS) is 11.1. The fourth-order valence-corrected chi connectivity index (χ4v) is 3.36. The second-order valence-corrected chi connectivity index (χ2v) is 7.24. The zero-order chi connectivity index (χ0) is 14.5. The Hall–Kier alpha value is -0.770. The summed E-state index contributed by atoms with van der Waals surface area (Å²) in [6.45, 7) is 7.37. The minimum atomic E-state index is 0.491. The summed E-state index contributed by atoms with van der Waals surface area (Å²) in [6.07, 6.45) is 0. The molecule has 20 heavy (non-hydrogen) atoms. The number of rotatable bonds is 5. The first-order chi connectivity index (χ1) is 9.54. The van der Waals surface area contributed by atoms with Crippen LogP contribution < -0.4 is 5.32 Å². The summed E-state index contributed by atoms with van der Waals surface area (Å²) < 4.78 is 1.13. The monoisotopic (exact) mass is 349 g/mol. The zero-order valence-corrected chi connectivity index (χ0v) is 14.5. The molecule has 106 valence electrons. The molecule has 0 saturated carbocycles. The van der Waals surface area contributed by atoms with Crippen molar-refractivity contribution in [3.05, 3.63) is 58.1 Å². The highest BCUT2D eigenvalue weighted by molar-refractivity contribution is 9.10. The topological polar surface area (TPSA) is 12.0 Å². The van der Waals surface area contributed by atoms with Gasteiger partial charge in [0.1, 0.15) is 0 Å². The summed E-state index contributed by atoms with van der Waals surface area (Å²) >= 11 is 5.39. The molecule has 0 heterocycles. The molecule has 0 radical (unpaired) electrons. The van der Waals surface area contributed by atoms with Crippen LogP contribution in [0.3, 0.4) is 0 Å². The van der Waals surface area contributed by atoms with Gasteiger partial charge in [0.15, 0.2) is 0 Å². The molecule has 1 nitrogen and oxygen atoms in total. The molecule has 0 bridgehead atoms. The molecule has 2 aromatic carbocycles. The van der Waals surface area contributed by atoms with E-state index in [0.717, 1.165) is 11.0 Å².